The summed E-state index contributed by atoms with van der Waals surface area (Å²) in [6, 6.07) is 1.89. The number of hydrogen-bond acceptors (Lipinski definition) is 1. The maximum absolute atomic E-state index is 12.3. The summed E-state index contributed by atoms with van der Waals surface area (Å²) >= 11 is 5.41. The molecule has 0 atom stereocenters. The van der Waals surface area contributed by atoms with Gasteiger partial charge in [-0.25, -0.2) is 0 Å². The van der Waals surface area contributed by atoms with Gasteiger partial charge in [0.2, 0.25) is 0 Å². The summed E-state index contributed by atoms with van der Waals surface area (Å²) in [6.07, 6.45) is -4.15. The van der Waals surface area contributed by atoms with Crippen LogP contribution in [0.4, 0.5) is 13.2 Å². The second-order valence-electron chi connectivity index (χ2n) is 2.80. The van der Waals surface area contributed by atoms with Crippen LogP contribution in [0.2, 0.25) is 5.02 Å². The highest BCUT2D eigenvalue weighted by molar-refractivity contribution is 6.31. The Bertz CT molecular complexity index is 371. The van der Waals surface area contributed by atoms with Crippen LogP contribution in [0.15, 0.2) is 12.1 Å². The monoisotopic (exact) mass is 222 g/mol. The van der Waals surface area contributed by atoms with Crippen LogP contribution in [0.3, 0.4) is 0 Å². The van der Waals surface area contributed by atoms with Gasteiger partial charge in [0.25, 0.3) is 0 Å². The molecule has 0 aromatic heterocycles. The van der Waals surface area contributed by atoms with Gasteiger partial charge in [0.05, 0.1) is 10.6 Å². The largest absolute Gasteiger partial charge is 0.417 e. The average Bonchev–Trinajstić information content (AvgIpc) is 2.02. The fourth-order valence-corrected chi connectivity index (χ4v) is 1.36. The minimum atomic E-state index is -4.53. The highest BCUT2D eigenvalue weighted by atomic mass is 35.5. The van der Waals surface area contributed by atoms with E-state index in [2.05, 4.69) is 0 Å². The first-order chi connectivity index (χ1) is 6.36. The molecular weight excluding hydrogens is 217 g/mol. The minimum absolute atomic E-state index is 0.00160. The fraction of sp³-hybridized carbons (Fsp3) is 0.222. The van der Waals surface area contributed by atoms with Crippen LogP contribution in [0.5, 0.6) is 0 Å². The van der Waals surface area contributed by atoms with Gasteiger partial charge in [0.15, 0.2) is 0 Å². The van der Waals surface area contributed by atoms with Gasteiger partial charge in [-0.15, -0.1) is 0 Å². The van der Waals surface area contributed by atoms with E-state index >= 15 is 0 Å². The second-order valence-corrected chi connectivity index (χ2v) is 3.21. The van der Waals surface area contributed by atoms with Gasteiger partial charge in [-0.1, -0.05) is 11.6 Å². The predicted molar refractivity (Wildman–Crippen MR) is 46.6 cm³/mol. The third kappa shape index (κ3) is 2.07. The molecule has 0 aliphatic heterocycles. The van der Waals surface area contributed by atoms with Crippen LogP contribution < -0.4 is 0 Å². The van der Waals surface area contributed by atoms with Crippen LogP contribution in [-0.2, 0) is 6.18 Å². The molecule has 0 amide bonds. The predicted octanol–water partition coefficient (Wildman–Crippen LogP) is 3.48. The van der Waals surface area contributed by atoms with Crippen LogP contribution >= 0.6 is 11.6 Å². The lowest BCUT2D eigenvalue weighted by Crippen LogP contribution is -2.07. The van der Waals surface area contributed by atoms with E-state index in [0.29, 0.717) is 11.8 Å². The van der Waals surface area contributed by atoms with E-state index in [0.717, 1.165) is 12.1 Å². The molecule has 0 spiro atoms. The van der Waals surface area contributed by atoms with Gasteiger partial charge >= 0.3 is 6.18 Å². The first-order valence-electron chi connectivity index (χ1n) is 3.69. The van der Waals surface area contributed by atoms with E-state index in [9.17, 15) is 18.0 Å². The first kappa shape index (κ1) is 11.0. The van der Waals surface area contributed by atoms with Crippen molar-refractivity contribution in [2.24, 2.45) is 0 Å². The molecule has 0 heterocycles. The van der Waals surface area contributed by atoms with Crippen molar-refractivity contribution in [3.8, 4) is 0 Å². The molecule has 1 nitrogen and oxygen atoms in total. The Kier molecular flexibility index (Phi) is 2.85. The zero-order chi connectivity index (χ0) is 10.9. The van der Waals surface area contributed by atoms with Crippen LogP contribution in [0.25, 0.3) is 0 Å². The number of rotatable bonds is 1. The summed E-state index contributed by atoms with van der Waals surface area (Å²) < 4.78 is 36.9. The lowest BCUT2D eigenvalue weighted by Gasteiger charge is -2.10. The Balaban J connectivity index is 3.39. The number of hydrogen-bond donors (Lipinski definition) is 0. The molecule has 0 fully saturated rings. The van der Waals surface area contributed by atoms with E-state index in [4.69, 9.17) is 11.6 Å². The Morgan fingerprint density at radius 3 is 2.36 bits per heavy atom. The lowest BCUT2D eigenvalue weighted by molar-refractivity contribution is -0.137. The van der Waals surface area contributed by atoms with Gasteiger partial charge < -0.3 is 0 Å². The quantitative estimate of drug-likeness (QED) is 0.665. The van der Waals surface area contributed by atoms with Crippen molar-refractivity contribution in [3.63, 3.8) is 0 Å². The summed E-state index contributed by atoms with van der Waals surface area (Å²) in [4.78, 5) is 10.4. The Labute approximate surface area is 83.5 Å². The van der Waals surface area contributed by atoms with Crippen LogP contribution in [-0.4, -0.2) is 6.29 Å². The summed E-state index contributed by atoms with van der Waals surface area (Å²) in [5.41, 5.74) is -0.549. The topological polar surface area (TPSA) is 17.1 Å². The molecule has 0 saturated heterocycles. The molecule has 5 heteroatoms. The summed E-state index contributed by atoms with van der Waals surface area (Å²) in [6.45, 7) is 1.52. The van der Waals surface area contributed by atoms with Crippen molar-refractivity contribution < 1.29 is 18.0 Å². The molecule has 0 aliphatic rings. The smallest absolute Gasteiger partial charge is 0.298 e. The van der Waals surface area contributed by atoms with Gasteiger partial charge in [0.1, 0.15) is 6.29 Å². The van der Waals surface area contributed by atoms with E-state index in [1.54, 1.807) is 0 Å². The number of carbonyl (C=O) groups is 1. The van der Waals surface area contributed by atoms with Crippen LogP contribution in [0, 0.1) is 6.92 Å². The molecule has 1 rings (SSSR count). The number of alkyl halides is 3. The molecule has 0 radical (unpaired) electrons. The molecule has 0 bridgehead atoms. The molecule has 0 unspecified atom stereocenters. The Morgan fingerprint density at radius 2 is 1.93 bits per heavy atom. The summed E-state index contributed by atoms with van der Waals surface area (Å²) in [5.74, 6) is 0. The molecular formula is C9H6ClF3O. The van der Waals surface area contributed by atoms with Crippen molar-refractivity contribution in [2.75, 3.05) is 0 Å². The van der Waals surface area contributed by atoms with Crippen molar-refractivity contribution in [3.05, 3.63) is 33.8 Å². The number of aryl methyl sites for hydroxylation is 1. The number of benzene rings is 1. The average molecular weight is 223 g/mol. The molecule has 14 heavy (non-hydrogen) atoms. The van der Waals surface area contributed by atoms with E-state index in [1.807, 2.05) is 0 Å². The maximum Gasteiger partial charge on any atom is 0.417 e. The third-order valence-corrected chi connectivity index (χ3v) is 2.10. The Morgan fingerprint density at radius 1 is 1.36 bits per heavy atom. The third-order valence-electron chi connectivity index (χ3n) is 1.79. The number of halogens is 4. The summed E-state index contributed by atoms with van der Waals surface area (Å²) in [7, 11) is 0. The summed E-state index contributed by atoms with van der Waals surface area (Å²) in [5, 5.41) is -0.388. The van der Waals surface area contributed by atoms with Crippen LogP contribution in [0.1, 0.15) is 21.5 Å². The molecule has 76 valence electrons. The first-order valence-corrected chi connectivity index (χ1v) is 4.06. The second kappa shape index (κ2) is 3.61. The number of carbonyl (C=O) groups excluding carboxylic acids is 1. The maximum atomic E-state index is 12.3. The highest BCUT2D eigenvalue weighted by Gasteiger charge is 2.33. The number of aldehydes is 1. The molecule has 0 aliphatic carbocycles. The lowest BCUT2D eigenvalue weighted by atomic mass is 10.1. The van der Waals surface area contributed by atoms with Gasteiger partial charge in [-0.2, -0.15) is 13.2 Å². The highest BCUT2D eigenvalue weighted by Crippen LogP contribution is 2.35. The van der Waals surface area contributed by atoms with Gasteiger partial charge in [-0.05, 0) is 24.6 Å². The van der Waals surface area contributed by atoms with Crippen molar-refractivity contribution in [2.45, 2.75) is 13.1 Å². The zero-order valence-electron chi connectivity index (χ0n) is 7.15. The normalized spacial score (nSPS) is 11.5. The Hall–Kier alpha value is -1.03. The van der Waals surface area contributed by atoms with E-state index < -0.39 is 11.7 Å². The van der Waals surface area contributed by atoms with Crippen molar-refractivity contribution >= 4 is 17.9 Å². The molecule has 0 saturated carbocycles. The van der Waals surface area contributed by atoms with Gasteiger partial charge in [0, 0.05) is 5.56 Å². The molecule has 1 aromatic carbocycles. The SMILES string of the molecule is Cc1cc(Cl)c(C(F)(F)F)cc1C=O. The van der Waals surface area contributed by atoms with E-state index in [1.165, 1.54) is 6.92 Å². The molecule has 1 aromatic rings. The minimum Gasteiger partial charge on any atom is -0.298 e. The van der Waals surface area contributed by atoms with Crippen molar-refractivity contribution in [1.29, 1.82) is 0 Å². The van der Waals surface area contributed by atoms with Gasteiger partial charge in [-0.3, -0.25) is 4.79 Å². The molecule has 0 N–H and O–H groups in total. The standard InChI is InChI=1S/C9H6ClF3O/c1-5-2-8(10)7(9(11,12)13)3-6(5)4-14/h2-4H,1H3. The van der Waals surface area contributed by atoms with Crippen molar-refractivity contribution in [1.82, 2.24) is 0 Å². The van der Waals surface area contributed by atoms with E-state index in [-0.39, 0.29) is 10.6 Å². The fourth-order valence-electron chi connectivity index (χ4n) is 1.03. The zero-order valence-corrected chi connectivity index (χ0v) is 7.91.